The molecule has 1 aliphatic rings. The maximum Gasteiger partial charge on any atom is 0.490 e. The number of imidazole rings is 1. The van der Waals surface area contributed by atoms with Crippen molar-refractivity contribution >= 4 is 63.8 Å². The van der Waals surface area contributed by atoms with Crippen molar-refractivity contribution in [1.82, 2.24) is 19.5 Å². The number of phosphoric ester groups is 1. The monoisotopic (exact) mass is 611 g/mol. The second-order valence-corrected chi connectivity index (χ2v) is 12.4. The molecule has 0 spiro atoms. The Hall–Kier alpha value is -1.18. The summed E-state index contributed by atoms with van der Waals surface area (Å²) in [6.07, 6.45) is -1.58. The van der Waals surface area contributed by atoms with Crippen LogP contribution in [0.5, 0.6) is 0 Å². The van der Waals surface area contributed by atoms with E-state index in [1.165, 1.54) is 17.1 Å². The van der Waals surface area contributed by atoms with Crippen LogP contribution in [0.4, 0.5) is 5.95 Å². The summed E-state index contributed by atoms with van der Waals surface area (Å²) in [6, 6.07) is 0. The molecule has 36 heavy (non-hydrogen) atoms. The van der Waals surface area contributed by atoms with E-state index in [1.54, 1.807) is 0 Å². The Bertz CT molecular complexity index is 1350. The molecule has 2 aromatic rings. The van der Waals surface area contributed by atoms with Crippen molar-refractivity contribution in [2.24, 2.45) is 5.92 Å². The predicted molar refractivity (Wildman–Crippen MR) is 121 cm³/mol. The van der Waals surface area contributed by atoms with Crippen LogP contribution >= 0.6 is 46.7 Å². The molecule has 1 aliphatic heterocycles. The fourth-order valence-electron chi connectivity index (χ4n) is 3.51. The van der Waals surface area contributed by atoms with Gasteiger partial charge in [-0.05, 0) is 18.5 Å². The van der Waals surface area contributed by atoms with Crippen LogP contribution in [0.25, 0.3) is 11.2 Å². The lowest BCUT2D eigenvalue weighted by Crippen LogP contribution is -2.41. The topological polar surface area (TPSA) is 259 Å². The molecule has 17 nitrogen and oxygen atoms in total. The van der Waals surface area contributed by atoms with Crippen LogP contribution in [-0.2, 0) is 31.6 Å². The summed E-state index contributed by atoms with van der Waals surface area (Å²) in [5.41, 5.74) is 6.09. The Morgan fingerprint density at radius 3 is 2.50 bits per heavy atom. The van der Waals surface area contributed by atoms with Crippen LogP contribution in [0.3, 0.4) is 0 Å². The first-order chi connectivity index (χ1) is 16.5. The van der Waals surface area contributed by atoms with Crippen molar-refractivity contribution in [2.75, 3.05) is 12.3 Å². The Balaban J connectivity index is 1.93. The van der Waals surface area contributed by atoms with Crippen molar-refractivity contribution in [1.29, 1.82) is 0 Å². The fourth-order valence-corrected chi connectivity index (χ4v) is 7.32. The van der Waals surface area contributed by atoms with Gasteiger partial charge in [0.25, 0.3) is 0 Å². The molecule has 0 aromatic carbocycles. The van der Waals surface area contributed by atoms with Gasteiger partial charge in [0.15, 0.2) is 16.7 Å². The lowest BCUT2D eigenvalue weighted by molar-refractivity contribution is -0.0641. The van der Waals surface area contributed by atoms with Crippen LogP contribution in [-0.4, -0.2) is 67.9 Å². The normalized spacial score (nSPS) is 28.7. The molecular formula is C14H18Cl2N5O12P3. The van der Waals surface area contributed by atoms with Gasteiger partial charge in [-0.25, -0.2) is 23.7 Å². The molecule has 7 N–H and O–H groups in total. The van der Waals surface area contributed by atoms with Crippen LogP contribution in [0.1, 0.15) is 13.2 Å². The molecule has 4 unspecified atom stereocenters. The number of ether oxygens (including phenoxy) is 1. The minimum absolute atomic E-state index is 0.109. The van der Waals surface area contributed by atoms with E-state index in [4.69, 9.17) is 48.0 Å². The van der Waals surface area contributed by atoms with Crippen LogP contribution < -0.4 is 5.73 Å². The van der Waals surface area contributed by atoms with E-state index in [9.17, 15) is 28.6 Å². The van der Waals surface area contributed by atoms with Crippen LogP contribution in [0, 0.1) is 17.2 Å². The third-order valence-electron chi connectivity index (χ3n) is 4.78. The van der Waals surface area contributed by atoms with Gasteiger partial charge in [0.1, 0.15) is 5.52 Å². The highest BCUT2D eigenvalue weighted by atomic mass is 35.5. The van der Waals surface area contributed by atoms with Gasteiger partial charge >= 0.3 is 23.5 Å². The van der Waals surface area contributed by atoms with E-state index in [2.05, 4.69) is 34.9 Å². The number of aliphatic hydroxyl groups is 1. The number of halogens is 2. The van der Waals surface area contributed by atoms with Gasteiger partial charge < -0.3 is 35.2 Å². The minimum Gasteiger partial charge on any atom is -0.396 e. The molecule has 22 heteroatoms. The Morgan fingerprint density at radius 1 is 1.25 bits per heavy atom. The fraction of sp³-hybridized carbons (Fsp3) is 0.500. The zero-order chi connectivity index (χ0) is 27.1. The molecule has 3 rings (SSSR count). The zero-order valence-corrected chi connectivity index (χ0v) is 21.9. The first-order valence-corrected chi connectivity index (χ1v) is 14.6. The Morgan fingerprint density at radius 2 is 1.92 bits per heavy atom. The lowest BCUT2D eigenvalue weighted by Gasteiger charge is -2.28. The molecule has 0 aliphatic carbocycles. The summed E-state index contributed by atoms with van der Waals surface area (Å²) in [5.74, 6) is 1.23. The molecule has 0 bridgehead atoms. The first-order valence-electron chi connectivity index (χ1n) is 9.37. The standard InChI is InChI=1S/C14H18Cl2N5O12P3/c1-7(31-35(26,27)33-36(28,29)32-34(23,24)25)10-8(5-22)14(16,2-3-15)12(30-10)21-6-19-9-4-18-13(17)20-11(9)21/h4,6-8,10,12,22H,5H2,1H3,(H,26,27)(H,28,29)(H2,17,18,20)(H2,23,24,25)/t7-,8?,10-,12-,14?/m1/s1. The van der Waals surface area contributed by atoms with E-state index in [1.807, 2.05) is 0 Å². The summed E-state index contributed by atoms with van der Waals surface area (Å²) >= 11 is 12.3. The number of anilines is 1. The van der Waals surface area contributed by atoms with Crippen molar-refractivity contribution in [3.05, 3.63) is 12.5 Å². The Kier molecular flexibility index (Phi) is 8.59. The molecule has 200 valence electrons. The van der Waals surface area contributed by atoms with Gasteiger partial charge in [0.05, 0.1) is 31.3 Å². The number of phosphoric acid groups is 3. The van der Waals surface area contributed by atoms with Gasteiger partial charge in [-0.15, -0.1) is 0 Å². The highest BCUT2D eigenvalue weighted by molar-refractivity contribution is 7.66. The van der Waals surface area contributed by atoms with Gasteiger partial charge in [0, 0.05) is 11.3 Å². The number of hydrogen-bond donors (Lipinski definition) is 6. The molecule has 1 saturated heterocycles. The number of nitrogens with zero attached hydrogens (tertiary/aromatic N) is 4. The van der Waals surface area contributed by atoms with Gasteiger partial charge in [-0.2, -0.15) is 13.6 Å². The van der Waals surface area contributed by atoms with E-state index in [0.717, 1.165) is 6.92 Å². The highest BCUT2D eigenvalue weighted by Gasteiger charge is 2.58. The SMILES string of the molecule is C[C@@H](OP(=O)(O)OP(=O)(O)OP(=O)(O)O)[C@H]1O[C@@H](n2cnc3cnc(N)nc32)C(Cl)(C#CCl)C1CO. The van der Waals surface area contributed by atoms with Crippen LogP contribution in [0.15, 0.2) is 12.5 Å². The quantitative estimate of drug-likeness (QED) is 0.130. The second-order valence-electron chi connectivity index (χ2n) is 7.22. The van der Waals surface area contributed by atoms with Gasteiger partial charge in [0.2, 0.25) is 5.95 Å². The average Bonchev–Trinajstić information content (AvgIpc) is 3.22. The summed E-state index contributed by atoms with van der Waals surface area (Å²) in [7, 11) is -16.9. The molecule has 0 amide bonds. The molecule has 0 saturated carbocycles. The number of nitrogens with two attached hydrogens (primary N) is 1. The molecule has 1 fully saturated rings. The number of fused-ring (bicyclic) bond motifs is 1. The van der Waals surface area contributed by atoms with Gasteiger partial charge in [-0.1, -0.05) is 17.5 Å². The number of alkyl halides is 1. The summed E-state index contributed by atoms with van der Waals surface area (Å²) in [6.45, 7) is 0.440. The number of nitrogen functional groups attached to an aromatic ring is 1. The van der Waals surface area contributed by atoms with Crippen molar-refractivity contribution in [2.45, 2.75) is 30.2 Å². The maximum atomic E-state index is 12.3. The van der Waals surface area contributed by atoms with Crippen molar-refractivity contribution < 1.29 is 56.3 Å². The van der Waals surface area contributed by atoms with E-state index >= 15 is 0 Å². The smallest absolute Gasteiger partial charge is 0.396 e. The number of aliphatic hydroxyl groups excluding tert-OH is 1. The average molecular weight is 612 g/mol. The summed E-state index contributed by atoms with van der Waals surface area (Å²) in [4.78, 5) is 46.7. The van der Waals surface area contributed by atoms with Crippen LogP contribution in [0.2, 0.25) is 0 Å². The van der Waals surface area contributed by atoms with Crippen molar-refractivity contribution in [3.8, 4) is 11.3 Å². The predicted octanol–water partition coefficient (Wildman–Crippen LogP) is 0.823. The largest absolute Gasteiger partial charge is 0.490 e. The highest BCUT2D eigenvalue weighted by Crippen LogP contribution is 2.67. The number of aromatic nitrogens is 4. The summed E-state index contributed by atoms with van der Waals surface area (Å²) in [5, 5.41) is 12.2. The number of hydrogen-bond acceptors (Lipinski definition) is 12. The second kappa shape index (κ2) is 10.5. The Labute approximate surface area is 211 Å². The third-order valence-corrected chi connectivity index (χ3v) is 9.36. The lowest BCUT2D eigenvalue weighted by atomic mass is 9.87. The summed E-state index contributed by atoms with van der Waals surface area (Å²) < 4.78 is 54.2. The minimum atomic E-state index is -5.76. The zero-order valence-electron chi connectivity index (χ0n) is 17.7. The molecule has 3 heterocycles. The molecule has 2 aromatic heterocycles. The maximum absolute atomic E-state index is 12.3. The number of rotatable bonds is 9. The third kappa shape index (κ3) is 6.44. The van der Waals surface area contributed by atoms with E-state index < -0.39 is 59.3 Å². The first kappa shape index (κ1) is 29.4. The van der Waals surface area contributed by atoms with Gasteiger partial charge in [-0.3, -0.25) is 9.09 Å². The van der Waals surface area contributed by atoms with E-state index in [-0.39, 0.29) is 17.1 Å². The molecule has 7 atom stereocenters. The van der Waals surface area contributed by atoms with Crippen molar-refractivity contribution in [3.63, 3.8) is 0 Å². The molecular weight excluding hydrogens is 594 g/mol. The van der Waals surface area contributed by atoms with E-state index in [0.29, 0.717) is 0 Å². The molecule has 0 radical (unpaired) electrons.